The number of carbonyl (C=O) groups is 3. The summed E-state index contributed by atoms with van der Waals surface area (Å²) in [6, 6.07) is 11.6. The minimum absolute atomic E-state index is 0.0998. The number of rotatable bonds is 7. The second-order valence-electron chi connectivity index (χ2n) is 6.79. The van der Waals surface area contributed by atoms with Crippen LogP contribution in [0.25, 0.3) is 0 Å². The molecule has 10 nitrogen and oxygen atoms in total. The molecule has 3 rings (SSSR count). The van der Waals surface area contributed by atoms with Crippen molar-refractivity contribution in [3.8, 4) is 0 Å². The van der Waals surface area contributed by atoms with Gasteiger partial charge in [-0.2, -0.15) is 0 Å². The molecule has 0 saturated carbocycles. The van der Waals surface area contributed by atoms with E-state index in [4.69, 9.17) is 0 Å². The van der Waals surface area contributed by atoms with Crippen LogP contribution in [0.2, 0.25) is 0 Å². The van der Waals surface area contributed by atoms with E-state index in [0.29, 0.717) is 5.56 Å². The Balaban J connectivity index is 1.67. The second-order valence-corrected chi connectivity index (χ2v) is 6.79. The van der Waals surface area contributed by atoms with Gasteiger partial charge in [-0.05, 0) is 29.8 Å². The molecule has 4 N–H and O–H groups in total. The molecule has 11 heteroatoms. The van der Waals surface area contributed by atoms with Gasteiger partial charge in [-0.25, -0.2) is 19.2 Å². The number of hydrogen-bond donors (Lipinski definition) is 4. The minimum atomic E-state index is -2.79. The molecule has 2 aromatic carbocycles. The summed E-state index contributed by atoms with van der Waals surface area (Å²) in [5, 5.41) is 25.1. The van der Waals surface area contributed by atoms with E-state index in [1.165, 1.54) is 55.6 Å². The molecule has 3 aromatic rings. The van der Waals surface area contributed by atoms with Crippen molar-refractivity contribution in [3.63, 3.8) is 0 Å². The number of hydrogen-bond acceptors (Lipinski definition) is 8. The zero-order valence-corrected chi connectivity index (χ0v) is 17.3. The van der Waals surface area contributed by atoms with Crippen molar-refractivity contribution in [3.05, 3.63) is 94.8 Å². The van der Waals surface area contributed by atoms with Gasteiger partial charge in [0.2, 0.25) is 0 Å². The number of nitrogens with zero attached hydrogens (tertiary/aromatic N) is 2. The Morgan fingerprint density at radius 1 is 0.970 bits per heavy atom. The first-order valence-electron chi connectivity index (χ1n) is 9.50. The minimum Gasteiger partial charge on any atom is -0.465 e. The lowest BCUT2D eigenvalue weighted by Gasteiger charge is -2.23. The van der Waals surface area contributed by atoms with Crippen LogP contribution in [-0.2, 0) is 17.2 Å². The third kappa shape index (κ3) is 5.93. The molecule has 0 aliphatic rings. The van der Waals surface area contributed by atoms with Crippen LogP contribution in [0.3, 0.4) is 0 Å². The quantitative estimate of drug-likeness (QED) is 0.303. The van der Waals surface area contributed by atoms with E-state index in [1.54, 1.807) is 0 Å². The number of aromatic nitrogens is 2. The molecule has 0 aliphatic carbocycles. The fourth-order valence-corrected chi connectivity index (χ4v) is 2.73. The van der Waals surface area contributed by atoms with Crippen LogP contribution in [0.1, 0.15) is 42.5 Å². The molecule has 0 aliphatic heterocycles. The zero-order valence-electron chi connectivity index (χ0n) is 17.3. The molecule has 1 aromatic heterocycles. The van der Waals surface area contributed by atoms with E-state index in [-0.39, 0.29) is 29.1 Å². The molecular weight excluding hydrogens is 435 g/mol. The van der Waals surface area contributed by atoms with Gasteiger partial charge >= 0.3 is 5.97 Å². The van der Waals surface area contributed by atoms with Crippen molar-refractivity contribution >= 4 is 17.8 Å². The molecule has 0 bridgehead atoms. The highest BCUT2D eigenvalue weighted by Gasteiger charge is 2.30. The summed E-state index contributed by atoms with van der Waals surface area (Å²) in [4.78, 5) is 43.9. The fourth-order valence-electron chi connectivity index (χ4n) is 2.73. The first-order chi connectivity index (χ1) is 15.7. The molecule has 33 heavy (non-hydrogen) atoms. The molecular formula is C22H19FN4O6. The maximum Gasteiger partial charge on any atom is 0.337 e. The smallest absolute Gasteiger partial charge is 0.337 e. The lowest BCUT2D eigenvalue weighted by Crippen LogP contribution is -2.46. The van der Waals surface area contributed by atoms with Gasteiger partial charge in [0.15, 0.2) is 0 Å². The van der Waals surface area contributed by atoms with Crippen molar-refractivity contribution < 1.29 is 33.7 Å². The van der Waals surface area contributed by atoms with E-state index in [1.807, 2.05) is 5.32 Å². The number of aliphatic hydroxyl groups is 2. The average Bonchev–Trinajstić information content (AvgIpc) is 2.83. The lowest BCUT2D eigenvalue weighted by atomic mass is 10.1. The lowest BCUT2D eigenvalue weighted by molar-refractivity contribution is -0.185. The van der Waals surface area contributed by atoms with Gasteiger partial charge in [-0.3, -0.25) is 14.9 Å². The summed E-state index contributed by atoms with van der Waals surface area (Å²) in [6.07, 6.45) is 0.975. The van der Waals surface area contributed by atoms with Gasteiger partial charge < -0.3 is 20.3 Å². The summed E-state index contributed by atoms with van der Waals surface area (Å²) in [6.45, 7) is 0.0998. The monoisotopic (exact) mass is 454 g/mol. The van der Waals surface area contributed by atoms with Crippen molar-refractivity contribution in [1.29, 1.82) is 0 Å². The van der Waals surface area contributed by atoms with E-state index >= 15 is 0 Å². The molecule has 2 amide bonds. The first kappa shape index (κ1) is 23.4. The van der Waals surface area contributed by atoms with Crippen molar-refractivity contribution in [1.82, 2.24) is 20.6 Å². The molecule has 0 saturated heterocycles. The van der Waals surface area contributed by atoms with Gasteiger partial charge in [0.25, 0.3) is 17.7 Å². The number of methoxy groups -OCH3 is 1. The molecule has 0 atom stereocenters. The maximum absolute atomic E-state index is 13.0. The van der Waals surface area contributed by atoms with Crippen molar-refractivity contribution in [2.45, 2.75) is 12.5 Å². The molecule has 0 fully saturated rings. The van der Waals surface area contributed by atoms with Crippen LogP contribution in [0.15, 0.2) is 60.9 Å². The number of benzene rings is 2. The largest absolute Gasteiger partial charge is 0.465 e. The van der Waals surface area contributed by atoms with E-state index in [0.717, 1.165) is 12.4 Å². The standard InChI is InChI=1S/C22H19FN4O6/c1-33-21(30)14-4-6-15(7-5-14)22(31,32)27-20(29)18-10-17(25-12-26-18)19(28)24-11-13-2-8-16(23)9-3-13/h2-10,12,31-32H,11H2,1H3,(H,24,28)(H,27,29). The summed E-state index contributed by atoms with van der Waals surface area (Å²) in [5.41, 5.74) is 0.266. The molecule has 0 spiro atoms. The van der Waals surface area contributed by atoms with Gasteiger partial charge in [0, 0.05) is 18.2 Å². The van der Waals surface area contributed by atoms with Gasteiger partial charge in [0.1, 0.15) is 23.5 Å². The number of ether oxygens (including phenoxy) is 1. The topological polar surface area (TPSA) is 151 Å². The Morgan fingerprint density at radius 2 is 1.58 bits per heavy atom. The van der Waals surface area contributed by atoms with Gasteiger partial charge in [-0.1, -0.05) is 24.3 Å². The van der Waals surface area contributed by atoms with E-state index < -0.39 is 29.5 Å². The number of carbonyl (C=O) groups excluding carboxylic acids is 3. The molecule has 170 valence electrons. The predicted octanol–water partition coefficient (Wildman–Crippen LogP) is 0.857. The third-order valence-electron chi connectivity index (χ3n) is 4.50. The average molecular weight is 454 g/mol. The second kappa shape index (κ2) is 9.94. The number of nitrogens with one attached hydrogen (secondary N) is 2. The van der Waals surface area contributed by atoms with Gasteiger partial charge in [0.05, 0.1) is 12.7 Å². The Bertz CT molecular complexity index is 1170. The predicted molar refractivity (Wildman–Crippen MR) is 111 cm³/mol. The van der Waals surface area contributed by atoms with Gasteiger partial charge in [-0.15, -0.1) is 0 Å². The summed E-state index contributed by atoms with van der Waals surface area (Å²) < 4.78 is 17.5. The maximum atomic E-state index is 13.0. The molecule has 1 heterocycles. The highest BCUT2D eigenvalue weighted by atomic mass is 19.1. The van der Waals surface area contributed by atoms with Crippen molar-refractivity contribution in [2.24, 2.45) is 0 Å². The highest BCUT2D eigenvalue weighted by Crippen LogP contribution is 2.17. The Hall–Kier alpha value is -4.22. The SMILES string of the molecule is COC(=O)c1ccc(C(O)(O)NC(=O)c2cc(C(=O)NCc3ccc(F)cc3)ncn2)cc1. The number of amides is 2. The summed E-state index contributed by atoms with van der Waals surface area (Å²) in [5.74, 6) is -5.42. The van der Waals surface area contributed by atoms with Crippen LogP contribution in [0.5, 0.6) is 0 Å². The number of halogens is 1. The Morgan fingerprint density at radius 3 is 2.18 bits per heavy atom. The van der Waals surface area contributed by atoms with E-state index in [2.05, 4.69) is 20.0 Å². The van der Waals surface area contributed by atoms with E-state index in [9.17, 15) is 29.0 Å². The third-order valence-corrected chi connectivity index (χ3v) is 4.50. The zero-order chi connectivity index (χ0) is 24.0. The van der Waals surface area contributed by atoms with Crippen molar-refractivity contribution in [2.75, 3.05) is 7.11 Å². The normalized spacial score (nSPS) is 10.9. The fraction of sp³-hybridized carbons (Fsp3) is 0.136. The van der Waals surface area contributed by atoms with Crippen LogP contribution in [0.4, 0.5) is 4.39 Å². The highest BCUT2D eigenvalue weighted by molar-refractivity contribution is 5.97. The summed E-state index contributed by atoms with van der Waals surface area (Å²) in [7, 11) is 1.21. The van der Waals surface area contributed by atoms with Crippen LogP contribution in [-0.4, -0.2) is 45.1 Å². The molecule has 0 radical (unpaired) electrons. The first-order valence-corrected chi connectivity index (χ1v) is 9.50. The van der Waals surface area contributed by atoms with Crippen LogP contribution < -0.4 is 10.6 Å². The Kier molecular flexibility index (Phi) is 7.06. The summed E-state index contributed by atoms with van der Waals surface area (Å²) >= 11 is 0. The van der Waals surface area contributed by atoms with Crippen LogP contribution in [0, 0.1) is 5.82 Å². The number of esters is 1. The molecule has 0 unspecified atom stereocenters. The Labute approximate surface area is 187 Å². The van der Waals surface area contributed by atoms with Crippen LogP contribution >= 0.6 is 0 Å².